The van der Waals surface area contributed by atoms with Crippen LogP contribution in [0.3, 0.4) is 0 Å². The second-order valence-corrected chi connectivity index (χ2v) is 4.82. The third kappa shape index (κ3) is 2.70. The van der Waals surface area contributed by atoms with Gasteiger partial charge >= 0.3 is 5.97 Å². The summed E-state index contributed by atoms with van der Waals surface area (Å²) in [5.74, 6) is -1.41. The second-order valence-electron chi connectivity index (χ2n) is 4.82. The molecule has 0 saturated carbocycles. The average molecular weight is 309 g/mol. The number of rotatable bonds is 5. The SMILES string of the molecule is COc1ccc([N+](=O)[O-])c2c1CCN2C(=O)C[C@@H](N)C(=O)O. The average Bonchev–Trinajstić information content (AvgIpc) is 2.90. The van der Waals surface area contributed by atoms with Gasteiger partial charge in [0.1, 0.15) is 17.5 Å². The van der Waals surface area contributed by atoms with Crippen molar-refractivity contribution in [1.29, 1.82) is 0 Å². The molecule has 2 rings (SSSR count). The van der Waals surface area contributed by atoms with Gasteiger partial charge in [0, 0.05) is 18.2 Å². The van der Waals surface area contributed by atoms with Crippen molar-refractivity contribution in [2.45, 2.75) is 18.9 Å². The van der Waals surface area contributed by atoms with Gasteiger partial charge in [-0.25, -0.2) is 0 Å². The number of hydrogen-bond acceptors (Lipinski definition) is 6. The van der Waals surface area contributed by atoms with Crippen LogP contribution in [0.25, 0.3) is 0 Å². The van der Waals surface area contributed by atoms with E-state index in [0.29, 0.717) is 17.7 Å². The van der Waals surface area contributed by atoms with Crippen LogP contribution >= 0.6 is 0 Å². The number of hydrogen-bond donors (Lipinski definition) is 2. The number of ether oxygens (including phenoxy) is 1. The van der Waals surface area contributed by atoms with E-state index in [-0.39, 0.29) is 17.9 Å². The van der Waals surface area contributed by atoms with Crippen LogP contribution in [0.1, 0.15) is 12.0 Å². The fourth-order valence-corrected chi connectivity index (χ4v) is 2.46. The lowest BCUT2D eigenvalue weighted by atomic mass is 10.1. The molecule has 1 aromatic carbocycles. The Hall–Kier alpha value is -2.68. The molecule has 0 aromatic heterocycles. The van der Waals surface area contributed by atoms with Crippen molar-refractivity contribution >= 4 is 23.3 Å². The normalized spacial score (nSPS) is 14.4. The molecule has 1 aliphatic rings. The van der Waals surface area contributed by atoms with Gasteiger partial charge in [0.05, 0.1) is 18.5 Å². The van der Waals surface area contributed by atoms with Gasteiger partial charge in [-0.1, -0.05) is 0 Å². The number of fused-ring (bicyclic) bond motifs is 1. The van der Waals surface area contributed by atoms with Gasteiger partial charge in [-0.05, 0) is 12.5 Å². The second kappa shape index (κ2) is 5.98. The number of nitro benzene ring substituents is 1. The molecule has 0 saturated heterocycles. The minimum Gasteiger partial charge on any atom is -0.496 e. The van der Waals surface area contributed by atoms with Crippen LogP contribution in [0.15, 0.2) is 12.1 Å². The molecule has 1 aromatic rings. The first-order chi connectivity index (χ1) is 10.4. The molecule has 0 unspecified atom stereocenters. The van der Waals surface area contributed by atoms with Crippen LogP contribution in [0.2, 0.25) is 0 Å². The predicted molar refractivity (Wildman–Crippen MR) is 75.9 cm³/mol. The quantitative estimate of drug-likeness (QED) is 0.589. The molecule has 0 spiro atoms. The predicted octanol–water partition coefficient (Wildman–Crippen LogP) is 0.294. The Bertz CT molecular complexity index is 645. The lowest BCUT2D eigenvalue weighted by Crippen LogP contribution is -2.39. The van der Waals surface area contributed by atoms with Crippen LogP contribution in [0.5, 0.6) is 5.75 Å². The van der Waals surface area contributed by atoms with Crippen LogP contribution in [-0.4, -0.2) is 41.6 Å². The zero-order valence-corrected chi connectivity index (χ0v) is 11.8. The summed E-state index contributed by atoms with van der Waals surface area (Å²) < 4.78 is 5.16. The Morgan fingerprint density at radius 2 is 2.23 bits per heavy atom. The Balaban J connectivity index is 2.40. The molecule has 3 N–H and O–H groups in total. The van der Waals surface area contributed by atoms with Crippen LogP contribution in [0.4, 0.5) is 11.4 Å². The fraction of sp³-hybridized carbons (Fsp3) is 0.385. The summed E-state index contributed by atoms with van der Waals surface area (Å²) >= 11 is 0. The molecule has 9 heteroatoms. The van der Waals surface area contributed by atoms with Gasteiger partial charge in [-0.3, -0.25) is 19.7 Å². The zero-order chi connectivity index (χ0) is 16.4. The van der Waals surface area contributed by atoms with E-state index in [2.05, 4.69) is 0 Å². The molecule has 1 amide bonds. The molecular formula is C13H15N3O6. The Morgan fingerprint density at radius 3 is 2.77 bits per heavy atom. The number of carboxylic acids is 1. The highest BCUT2D eigenvalue weighted by Gasteiger charge is 2.35. The molecule has 118 valence electrons. The number of nitrogens with two attached hydrogens (primary N) is 1. The third-order valence-electron chi connectivity index (χ3n) is 3.50. The van der Waals surface area contributed by atoms with Gasteiger partial charge in [0.15, 0.2) is 0 Å². The number of methoxy groups -OCH3 is 1. The van der Waals surface area contributed by atoms with Crippen molar-refractivity contribution in [3.05, 3.63) is 27.8 Å². The van der Waals surface area contributed by atoms with Crippen LogP contribution < -0.4 is 15.4 Å². The smallest absolute Gasteiger partial charge is 0.321 e. The molecule has 0 fully saturated rings. The molecule has 0 radical (unpaired) electrons. The molecule has 1 heterocycles. The van der Waals surface area contributed by atoms with Gasteiger partial charge in [-0.15, -0.1) is 0 Å². The van der Waals surface area contributed by atoms with Crippen molar-refractivity contribution in [3.8, 4) is 5.75 Å². The number of anilines is 1. The summed E-state index contributed by atoms with van der Waals surface area (Å²) in [6, 6.07) is 1.40. The lowest BCUT2D eigenvalue weighted by molar-refractivity contribution is -0.384. The molecule has 0 aliphatic carbocycles. The van der Waals surface area contributed by atoms with Crippen molar-refractivity contribution in [1.82, 2.24) is 0 Å². The van der Waals surface area contributed by atoms with Gasteiger partial charge < -0.3 is 20.5 Å². The Labute approximate surface area is 125 Å². The highest BCUT2D eigenvalue weighted by atomic mass is 16.6. The monoisotopic (exact) mass is 309 g/mol. The first-order valence-electron chi connectivity index (χ1n) is 6.49. The standard InChI is InChI=1S/C13H15N3O6/c1-22-10-3-2-9(16(20)21)12-7(10)4-5-15(12)11(17)6-8(14)13(18)19/h2-3,8H,4-6,14H2,1H3,(H,18,19)/t8-/m1/s1. The van der Waals surface area contributed by atoms with Crippen LogP contribution in [-0.2, 0) is 16.0 Å². The molecule has 1 atom stereocenters. The summed E-state index contributed by atoms with van der Waals surface area (Å²) in [5, 5.41) is 19.9. The van der Waals surface area contributed by atoms with Crippen molar-refractivity contribution in [2.75, 3.05) is 18.6 Å². The van der Waals surface area contributed by atoms with E-state index in [9.17, 15) is 19.7 Å². The lowest BCUT2D eigenvalue weighted by Gasteiger charge is -2.18. The van der Waals surface area contributed by atoms with E-state index in [1.54, 1.807) is 0 Å². The van der Waals surface area contributed by atoms with E-state index < -0.39 is 29.3 Å². The number of nitro groups is 1. The van der Waals surface area contributed by atoms with E-state index in [0.717, 1.165) is 0 Å². The first-order valence-corrected chi connectivity index (χ1v) is 6.49. The number of nitrogens with zero attached hydrogens (tertiary/aromatic N) is 2. The number of carbonyl (C=O) groups excluding carboxylic acids is 1. The van der Waals surface area contributed by atoms with Gasteiger partial charge in [0.25, 0.3) is 5.69 Å². The van der Waals surface area contributed by atoms with Crippen molar-refractivity contribution in [3.63, 3.8) is 0 Å². The van der Waals surface area contributed by atoms with Crippen molar-refractivity contribution < 1.29 is 24.4 Å². The maximum Gasteiger partial charge on any atom is 0.321 e. The molecular weight excluding hydrogens is 294 g/mol. The van der Waals surface area contributed by atoms with Crippen molar-refractivity contribution in [2.24, 2.45) is 5.73 Å². The molecule has 22 heavy (non-hydrogen) atoms. The maximum absolute atomic E-state index is 12.2. The topological polar surface area (TPSA) is 136 Å². The first kappa shape index (κ1) is 15.7. The highest BCUT2D eigenvalue weighted by Crippen LogP contribution is 2.42. The number of carboxylic acid groups (broad SMARTS) is 1. The summed E-state index contributed by atoms with van der Waals surface area (Å²) in [5.41, 5.74) is 5.86. The van der Waals surface area contributed by atoms with E-state index >= 15 is 0 Å². The molecule has 1 aliphatic heterocycles. The number of benzene rings is 1. The van der Waals surface area contributed by atoms with Gasteiger partial charge in [0.2, 0.25) is 5.91 Å². The number of carbonyl (C=O) groups is 2. The fourth-order valence-electron chi connectivity index (χ4n) is 2.46. The Morgan fingerprint density at radius 1 is 1.55 bits per heavy atom. The summed E-state index contributed by atoms with van der Waals surface area (Å²) in [6.07, 6.45) is -0.0304. The van der Waals surface area contributed by atoms with Crippen LogP contribution in [0, 0.1) is 10.1 Å². The van der Waals surface area contributed by atoms with Gasteiger partial charge in [-0.2, -0.15) is 0 Å². The summed E-state index contributed by atoms with van der Waals surface area (Å²) in [4.78, 5) is 34.8. The summed E-state index contributed by atoms with van der Waals surface area (Å²) in [6.45, 7) is 0.224. The zero-order valence-electron chi connectivity index (χ0n) is 11.8. The van der Waals surface area contributed by atoms with E-state index in [1.807, 2.05) is 0 Å². The minimum absolute atomic E-state index is 0.159. The summed E-state index contributed by atoms with van der Waals surface area (Å²) in [7, 11) is 1.44. The number of aliphatic carboxylic acids is 1. The minimum atomic E-state index is -1.35. The number of amides is 1. The highest BCUT2D eigenvalue weighted by molar-refractivity contribution is 6.00. The maximum atomic E-state index is 12.2. The molecule has 0 bridgehead atoms. The van der Waals surface area contributed by atoms with E-state index in [4.69, 9.17) is 15.6 Å². The van der Waals surface area contributed by atoms with E-state index in [1.165, 1.54) is 24.1 Å². The molecule has 9 nitrogen and oxygen atoms in total. The largest absolute Gasteiger partial charge is 0.496 e. The third-order valence-corrected chi connectivity index (χ3v) is 3.50. The Kier molecular flexibility index (Phi) is 4.27.